The number of rotatable bonds is 6. The van der Waals surface area contributed by atoms with E-state index in [0.717, 1.165) is 24.9 Å². The third-order valence-corrected chi connectivity index (χ3v) is 7.79. The lowest BCUT2D eigenvalue weighted by Gasteiger charge is -2.32. The Balaban J connectivity index is 1.20. The SMILES string of the molecule is NC(=O)c1nn(CC(=O)N2[C@@H]3C[C@@H]3C[C@H]2C(=O)N(c2ccccc2)C2CC2)c2cc3c(cc12)OCCO3. The number of amides is 3. The summed E-state index contributed by atoms with van der Waals surface area (Å²) >= 11 is 0. The lowest BCUT2D eigenvalue weighted by atomic mass is 10.1. The summed E-state index contributed by atoms with van der Waals surface area (Å²) in [6.45, 7) is 0.712. The highest BCUT2D eigenvalue weighted by Gasteiger charge is 2.57. The van der Waals surface area contributed by atoms with Gasteiger partial charge in [0, 0.05) is 29.2 Å². The molecule has 3 aromatic rings. The molecule has 190 valence electrons. The van der Waals surface area contributed by atoms with Gasteiger partial charge in [0.1, 0.15) is 25.8 Å². The first-order chi connectivity index (χ1) is 18.0. The summed E-state index contributed by atoms with van der Waals surface area (Å²) in [6, 6.07) is 12.9. The average Bonchev–Trinajstić information content (AvgIpc) is 3.82. The van der Waals surface area contributed by atoms with Crippen LogP contribution < -0.4 is 20.1 Å². The number of para-hydroxylation sites is 1. The van der Waals surface area contributed by atoms with Crippen molar-refractivity contribution in [3.63, 3.8) is 0 Å². The Morgan fingerprint density at radius 1 is 1.03 bits per heavy atom. The van der Waals surface area contributed by atoms with Gasteiger partial charge in [0.2, 0.25) is 11.8 Å². The predicted octanol–water partition coefficient (Wildman–Crippen LogP) is 2.09. The van der Waals surface area contributed by atoms with Crippen LogP contribution in [0.1, 0.15) is 36.2 Å². The van der Waals surface area contributed by atoms with E-state index in [1.165, 1.54) is 4.68 Å². The second-order valence-electron chi connectivity index (χ2n) is 10.3. The molecule has 2 aliphatic carbocycles. The summed E-state index contributed by atoms with van der Waals surface area (Å²) in [5.41, 5.74) is 7.11. The number of nitrogens with zero attached hydrogens (tertiary/aromatic N) is 4. The number of hydrogen-bond acceptors (Lipinski definition) is 6. The summed E-state index contributed by atoms with van der Waals surface area (Å²) in [5.74, 6) is 0.497. The second kappa shape index (κ2) is 8.22. The van der Waals surface area contributed by atoms with Gasteiger partial charge in [0.05, 0.1) is 5.52 Å². The zero-order valence-electron chi connectivity index (χ0n) is 20.2. The van der Waals surface area contributed by atoms with Gasteiger partial charge in [-0.2, -0.15) is 5.10 Å². The molecule has 0 bridgehead atoms. The lowest BCUT2D eigenvalue weighted by molar-refractivity contribution is -0.139. The monoisotopic (exact) mass is 501 g/mol. The summed E-state index contributed by atoms with van der Waals surface area (Å²) in [4.78, 5) is 43.4. The number of fused-ring (bicyclic) bond motifs is 3. The van der Waals surface area contributed by atoms with E-state index < -0.39 is 11.9 Å². The molecule has 2 saturated carbocycles. The third-order valence-electron chi connectivity index (χ3n) is 7.79. The van der Waals surface area contributed by atoms with Gasteiger partial charge >= 0.3 is 0 Å². The van der Waals surface area contributed by atoms with E-state index >= 15 is 0 Å². The van der Waals surface area contributed by atoms with Crippen LogP contribution in [0.4, 0.5) is 5.69 Å². The molecule has 1 aromatic heterocycles. The molecular weight excluding hydrogens is 474 g/mol. The van der Waals surface area contributed by atoms with Crippen LogP contribution in [0.25, 0.3) is 10.9 Å². The van der Waals surface area contributed by atoms with Crippen LogP contribution >= 0.6 is 0 Å². The van der Waals surface area contributed by atoms with Gasteiger partial charge in [-0.1, -0.05) is 18.2 Å². The van der Waals surface area contributed by atoms with Gasteiger partial charge in [0.25, 0.3) is 5.91 Å². The Labute approximate surface area is 212 Å². The van der Waals surface area contributed by atoms with Crippen molar-refractivity contribution in [3.8, 4) is 11.5 Å². The molecule has 3 atom stereocenters. The Morgan fingerprint density at radius 3 is 2.46 bits per heavy atom. The molecule has 3 heterocycles. The van der Waals surface area contributed by atoms with Crippen molar-refractivity contribution >= 4 is 34.3 Å². The maximum absolute atomic E-state index is 13.8. The number of carbonyl (C=O) groups is 3. The molecule has 2 aliphatic heterocycles. The van der Waals surface area contributed by atoms with Crippen molar-refractivity contribution in [1.29, 1.82) is 0 Å². The average molecular weight is 502 g/mol. The number of carbonyl (C=O) groups excluding carboxylic acids is 3. The molecule has 2 aromatic carbocycles. The number of hydrogen-bond donors (Lipinski definition) is 1. The molecule has 1 saturated heterocycles. The van der Waals surface area contributed by atoms with Crippen LogP contribution in [0, 0.1) is 5.92 Å². The van der Waals surface area contributed by atoms with E-state index in [9.17, 15) is 14.4 Å². The largest absolute Gasteiger partial charge is 0.486 e. The first-order valence-corrected chi connectivity index (χ1v) is 12.8. The van der Waals surface area contributed by atoms with Crippen molar-refractivity contribution in [1.82, 2.24) is 14.7 Å². The standard InChI is InChI=1S/C27H27N5O5/c28-26(34)25-18-12-22-23(37-9-8-36-22)13-20(18)30(29-25)14-24(33)32-19-10-15(19)11-21(32)27(35)31(17-6-7-17)16-4-2-1-3-5-16/h1-5,12-13,15,17,19,21H,6-11,14H2,(H2,28,34)/t15-,19-,21+/m1/s1. The first-order valence-electron chi connectivity index (χ1n) is 12.8. The Hall–Kier alpha value is -4.08. The van der Waals surface area contributed by atoms with E-state index in [-0.39, 0.29) is 36.1 Å². The first kappa shape index (κ1) is 22.1. The molecule has 0 spiro atoms. The van der Waals surface area contributed by atoms with Crippen molar-refractivity contribution in [2.24, 2.45) is 11.7 Å². The number of aromatic nitrogens is 2. The number of piperidine rings is 1. The number of ether oxygens (including phenoxy) is 2. The zero-order chi connectivity index (χ0) is 25.3. The molecule has 10 heteroatoms. The number of nitrogens with two attached hydrogens (primary N) is 1. The molecule has 10 nitrogen and oxygen atoms in total. The van der Waals surface area contributed by atoms with E-state index in [1.54, 1.807) is 17.0 Å². The number of anilines is 1. The lowest BCUT2D eigenvalue weighted by Crippen LogP contribution is -2.51. The molecule has 3 amide bonds. The van der Waals surface area contributed by atoms with Crippen LogP contribution in [-0.4, -0.2) is 63.7 Å². The summed E-state index contributed by atoms with van der Waals surface area (Å²) in [6.07, 6.45) is 3.53. The van der Waals surface area contributed by atoms with Gasteiger partial charge in [-0.25, -0.2) is 0 Å². The van der Waals surface area contributed by atoms with E-state index in [0.29, 0.717) is 48.0 Å². The molecule has 0 unspecified atom stereocenters. The molecule has 3 fully saturated rings. The third kappa shape index (κ3) is 3.70. The number of likely N-dealkylation sites (tertiary alicyclic amines) is 1. The van der Waals surface area contributed by atoms with Crippen LogP contribution in [-0.2, 0) is 16.1 Å². The maximum Gasteiger partial charge on any atom is 0.269 e. The van der Waals surface area contributed by atoms with Gasteiger partial charge < -0.3 is 25.0 Å². The summed E-state index contributed by atoms with van der Waals surface area (Å²) in [7, 11) is 0. The smallest absolute Gasteiger partial charge is 0.269 e. The Bertz CT molecular complexity index is 1430. The van der Waals surface area contributed by atoms with Gasteiger partial charge in [-0.05, 0) is 49.8 Å². The molecular formula is C27H27N5O5. The van der Waals surface area contributed by atoms with Crippen molar-refractivity contribution in [3.05, 3.63) is 48.2 Å². The van der Waals surface area contributed by atoms with Gasteiger partial charge in [-0.3, -0.25) is 19.1 Å². The molecule has 37 heavy (non-hydrogen) atoms. The number of benzene rings is 2. The molecule has 4 aliphatic rings. The maximum atomic E-state index is 13.8. The minimum Gasteiger partial charge on any atom is -0.486 e. The molecule has 7 rings (SSSR count). The van der Waals surface area contributed by atoms with E-state index in [2.05, 4.69) is 5.10 Å². The van der Waals surface area contributed by atoms with Crippen molar-refractivity contribution < 1.29 is 23.9 Å². The minimum absolute atomic E-state index is 0.0167. The summed E-state index contributed by atoms with van der Waals surface area (Å²) < 4.78 is 12.8. The quantitative estimate of drug-likeness (QED) is 0.552. The fraction of sp³-hybridized carbons (Fsp3) is 0.407. The molecule has 0 radical (unpaired) electrons. The zero-order valence-corrected chi connectivity index (χ0v) is 20.2. The van der Waals surface area contributed by atoms with Crippen LogP contribution in [0.2, 0.25) is 0 Å². The van der Waals surface area contributed by atoms with Crippen LogP contribution in [0.15, 0.2) is 42.5 Å². The fourth-order valence-electron chi connectivity index (χ4n) is 5.86. The van der Waals surface area contributed by atoms with Gasteiger partial charge in [-0.15, -0.1) is 0 Å². The highest BCUT2D eigenvalue weighted by Crippen LogP contribution is 2.49. The topological polar surface area (TPSA) is 120 Å². The second-order valence-corrected chi connectivity index (χ2v) is 10.3. The van der Waals surface area contributed by atoms with E-state index in [1.807, 2.05) is 35.2 Å². The van der Waals surface area contributed by atoms with Crippen molar-refractivity contribution in [2.45, 2.75) is 50.4 Å². The van der Waals surface area contributed by atoms with Crippen LogP contribution in [0.3, 0.4) is 0 Å². The highest BCUT2D eigenvalue weighted by molar-refractivity contribution is 6.05. The van der Waals surface area contributed by atoms with Crippen molar-refractivity contribution in [2.75, 3.05) is 18.1 Å². The Morgan fingerprint density at radius 2 is 1.76 bits per heavy atom. The van der Waals surface area contributed by atoms with Gasteiger partial charge in [0.15, 0.2) is 17.2 Å². The number of primary amides is 1. The van der Waals surface area contributed by atoms with Crippen LogP contribution in [0.5, 0.6) is 11.5 Å². The Kier molecular flexibility index (Phi) is 4.92. The molecule has 2 N–H and O–H groups in total. The predicted molar refractivity (Wildman–Crippen MR) is 133 cm³/mol. The minimum atomic E-state index is -0.688. The highest BCUT2D eigenvalue weighted by atomic mass is 16.6. The normalized spacial score (nSPS) is 23.6. The summed E-state index contributed by atoms with van der Waals surface area (Å²) in [5, 5.41) is 4.90. The fourth-order valence-corrected chi connectivity index (χ4v) is 5.86. The van der Waals surface area contributed by atoms with E-state index in [4.69, 9.17) is 15.2 Å².